The molecule has 2 aliphatic rings. The number of carbonyl (C=O) groups excluding carboxylic acids is 1. The summed E-state index contributed by atoms with van der Waals surface area (Å²) in [7, 11) is 2.13. The maximum atomic E-state index is 13.7. The molecule has 2 aliphatic heterocycles. The van der Waals surface area contributed by atoms with E-state index in [9.17, 15) is 18.0 Å². The van der Waals surface area contributed by atoms with E-state index in [-0.39, 0.29) is 17.5 Å². The Morgan fingerprint density at radius 2 is 1.96 bits per heavy atom. The minimum Gasteiger partial charge on any atom is -0.349 e. The Kier molecular flexibility index (Phi) is 4.42. The SMILES string of the molecule is CN1C2CCC1CC(NC(=O)c1cn(CC(F)F)c3ccc(F)cc13)C2. The molecule has 26 heavy (non-hydrogen) atoms. The number of amides is 1. The Bertz CT molecular complexity index is 821. The van der Waals surface area contributed by atoms with Gasteiger partial charge < -0.3 is 14.8 Å². The van der Waals surface area contributed by atoms with Crippen molar-refractivity contribution in [2.75, 3.05) is 7.05 Å². The van der Waals surface area contributed by atoms with E-state index in [2.05, 4.69) is 17.3 Å². The van der Waals surface area contributed by atoms with Crippen LogP contribution in [0.15, 0.2) is 24.4 Å². The second-order valence-corrected chi connectivity index (χ2v) is 7.44. The second kappa shape index (κ2) is 6.61. The van der Waals surface area contributed by atoms with E-state index < -0.39 is 18.8 Å². The molecule has 1 aromatic heterocycles. The van der Waals surface area contributed by atoms with Gasteiger partial charge in [-0.1, -0.05) is 0 Å². The molecule has 1 N–H and O–H groups in total. The van der Waals surface area contributed by atoms with Crippen LogP contribution in [0.1, 0.15) is 36.0 Å². The highest BCUT2D eigenvalue weighted by molar-refractivity contribution is 6.07. The van der Waals surface area contributed by atoms with Gasteiger partial charge in [0.2, 0.25) is 0 Å². The number of fused-ring (bicyclic) bond motifs is 3. The van der Waals surface area contributed by atoms with E-state index in [1.54, 1.807) is 0 Å². The van der Waals surface area contributed by atoms with Crippen LogP contribution in [0.25, 0.3) is 10.9 Å². The topological polar surface area (TPSA) is 37.3 Å². The molecule has 2 bridgehead atoms. The number of aromatic nitrogens is 1. The summed E-state index contributed by atoms with van der Waals surface area (Å²) in [4.78, 5) is 15.2. The van der Waals surface area contributed by atoms with Crippen molar-refractivity contribution in [3.05, 3.63) is 35.8 Å². The Balaban J connectivity index is 1.59. The van der Waals surface area contributed by atoms with E-state index in [0.717, 1.165) is 25.7 Å². The molecule has 0 radical (unpaired) electrons. The smallest absolute Gasteiger partial charge is 0.256 e. The second-order valence-electron chi connectivity index (χ2n) is 7.44. The van der Waals surface area contributed by atoms with Crippen molar-refractivity contribution in [3.63, 3.8) is 0 Å². The van der Waals surface area contributed by atoms with Crippen molar-refractivity contribution >= 4 is 16.8 Å². The Hall–Kier alpha value is -2.02. The van der Waals surface area contributed by atoms with E-state index in [1.807, 2.05) is 0 Å². The van der Waals surface area contributed by atoms with Gasteiger partial charge in [0.05, 0.1) is 12.1 Å². The van der Waals surface area contributed by atoms with Gasteiger partial charge in [-0.25, -0.2) is 13.2 Å². The fourth-order valence-electron chi connectivity index (χ4n) is 4.54. The molecule has 7 heteroatoms. The summed E-state index contributed by atoms with van der Waals surface area (Å²) < 4.78 is 40.7. The zero-order valence-electron chi connectivity index (χ0n) is 14.6. The predicted octanol–water partition coefficient (Wildman–Crippen LogP) is 3.40. The van der Waals surface area contributed by atoms with Crippen LogP contribution in [0.5, 0.6) is 0 Å². The summed E-state index contributed by atoms with van der Waals surface area (Å²) in [6.45, 7) is -0.520. The van der Waals surface area contributed by atoms with Crippen molar-refractivity contribution in [1.29, 1.82) is 0 Å². The minimum atomic E-state index is -2.55. The first-order valence-corrected chi connectivity index (χ1v) is 9.01. The van der Waals surface area contributed by atoms with Crippen LogP contribution in [0.2, 0.25) is 0 Å². The Morgan fingerprint density at radius 3 is 2.62 bits per heavy atom. The lowest BCUT2D eigenvalue weighted by molar-refractivity contribution is 0.0882. The molecule has 2 aromatic rings. The van der Waals surface area contributed by atoms with Crippen molar-refractivity contribution in [3.8, 4) is 0 Å². The average Bonchev–Trinajstić information content (AvgIpc) is 3.00. The average molecular weight is 365 g/mol. The molecular formula is C19H22F3N3O. The van der Waals surface area contributed by atoms with Crippen molar-refractivity contribution in [1.82, 2.24) is 14.8 Å². The first-order valence-electron chi connectivity index (χ1n) is 9.01. The maximum Gasteiger partial charge on any atom is 0.256 e. The standard InChI is InChI=1S/C19H22F3N3O/c1-24-13-3-4-14(24)8-12(7-13)23-19(26)16-9-25(10-18(21)22)17-5-2-11(20)6-15(16)17/h2,5-6,9,12-14,18H,3-4,7-8,10H2,1H3,(H,23,26). The fourth-order valence-corrected chi connectivity index (χ4v) is 4.54. The number of carbonyl (C=O) groups is 1. The van der Waals surface area contributed by atoms with Crippen LogP contribution in [0.4, 0.5) is 13.2 Å². The zero-order valence-corrected chi connectivity index (χ0v) is 14.6. The third kappa shape index (κ3) is 3.09. The number of halogens is 3. The van der Waals surface area contributed by atoms with Gasteiger partial charge in [-0.15, -0.1) is 0 Å². The highest BCUT2D eigenvalue weighted by atomic mass is 19.3. The number of rotatable bonds is 4. The van der Waals surface area contributed by atoms with E-state index in [4.69, 9.17) is 0 Å². The molecule has 3 heterocycles. The monoisotopic (exact) mass is 365 g/mol. The third-order valence-corrected chi connectivity index (χ3v) is 5.86. The molecule has 0 saturated carbocycles. The minimum absolute atomic E-state index is 0.0678. The maximum absolute atomic E-state index is 13.7. The molecule has 2 atom stereocenters. The molecule has 0 aliphatic carbocycles. The lowest BCUT2D eigenvalue weighted by Gasteiger charge is -2.36. The molecule has 2 unspecified atom stereocenters. The number of piperidine rings is 1. The summed E-state index contributed by atoms with van der Waals surface area (Å²) in [6, 6.07) is 4.94. The number of nitrogens with zero attached hydrogens (tertiary/aromatic N) is 2. The van der Waals surface area contributed by atoms with Crippen molar-refractivity contribution in [2.24, 2.45) is 0 Å². The summed E-state index contributed by atoms with van der Waals surface area (Å²) in [5.74, 6) is -0.804. The summed E-state index contributed by atoms with van der Waals surface area (Å²) in [6.07, 6.45) is 2.94. The number of hydrogen-bond acceptors (Lipinski definition) is 2. The van der Waals surface area contributed by atoms with Gasteiger partial charge in [-0.05, 0) is 50.9 Å². The van der Waals surface area contributed by atoms with E-state index in [0.29, 0.717) is 23.0 Å². The summed E-state index contributed by atoms with van der Waals surface area (Å²) in [5.41, 5.74) is 0.701. The van der Waals surface area contributed by atoms with E-state index in [1.165, 1.54) is 29.0 Å². The largest absolute Gasteiger partial charge is 0.349 e. The molecule has 2 fully saturated rings. The molecule has 1 aromatic carbocycles. The van der Waals surface area contributed by atoms with Crippen LogP contribution < -0.4 is 5.32 Å². The molecule has 4 rings (SSSR count). The molecule has 1 amide bonds. The van der Waals surface area contributed by atoms with Gasteiger partial charge in [0.15, 0.2) is 0 Å². The van der Waals surface area contributed by atoms with Gasteiger partial charge in [-0.2, -0.15) is 0 Å². The van der Waals surface area contributed by atoms with Gasteiger partial charge in [0.25, 0.3) is 12.3 Å². The number of hydrogen-bond donors (Lipinski definition) is 1. The van der Waals surface area contributed by atoms with Crippen LogP contribution in [0.3, 0.4) is 0 Å². The van der Waals surface area contributed by atoms with Gasteiger partial charge in [-0.3, -0.25) is 4.79 Å². The van der Waals surface area contributed by atoms with Crippen molar-refractivity contribution < 1.29 is 18.0 Å². The molecule has 0 spiro atoms. The number of benzene rings is 1. The summed E-state index contributed by atoms with van der Waals surface area (Å²) in [5, 5.41) is 3.42. The number of alkyl halides is 2. The van der Waals surface area contributed by atoms with Crippen molar-refractivity contribution in [2.45, 2.75) is 56.8 Å². The predicted molar refractivity (Wildman–Crippen MR) is 93.0 cm³/mol. The van der Waals surface area contributed by atoms with Crippen LogP contribution in [0, 0.1) is 5.82 Å². The lowest BCUT2D eigenvalue weighted by Crippen LogP contribution is -2.48. The normalized spacial score (nSPS) is 26.0. The first-order chi connectivity index (χ1) is 12.4. The molecular weight excluding hydrogens is 343 g/mol. The quantitative estimate of drug-likeness (QED) is 0.902. The van der Waals surface area contributed by atoms with Gasteiger partial charge in [0.1, 0.15) is 5.82 Å². The number of nitrogens with one attached hydrogen (secondary N) is 1. The Morgan fingerprint density at radius 1 is 1.27 bits per heavy atom. The third-order valence-electron chi connectivity index (χ3n) is 5.86. The van der Waals surface area contributed by atoms with Crippen LogP contribution in [-0.2, 0) is 6.54 Å². The first kappa shape index (κ1) is 17.4. The van der Waals surface area contributed by atoms with E-state index >= 15 is 0 Å². The Labute approximate surface area is 150 Å². The highest BCUT2D eigenvalue weighted by Crippen LogP contribution is 2.34. The molecule has 4 nitrogen and oxygen atoms in total. The summed E-state index contributed by atoms with van der Waals surface area (Å²) >= 11 is 0. The van der Waals surface area contributed by atoms with Gasteiger partial charge in [0, 0.05) is 35.2 Å². The highest BCUT2D eigenvalue weighted by Gasteiger charge is 2.39. The fraction of sp³-hybridized carbons (Fsp3) is 0.526. The van der Waals surface area contributed by atoms with Crippen LogP contribution in [-0.4, -0.2) is 47.0 Å². The van der Waals surface area contributed by atoms with Gasteiger partial charge >= 0.3 is 0 Å². The van der Waals surface area contributed by atoms with Crippen LogP contribution >= 0.6 is 0 Å². The molecule has 140 valence electrons. The zero-order chi connectivity index (χ0) is 18.4. The molecule has 2 saturated heterocycles. The lowest BCUT2D eigenvalue weighted by atomic mass is 9.97.